The molecule has 0 bridgehead atoms. The minimum absolute atomic E-state index is 0.592. The average Bonchev–Trinajstić information content (AvgIpc) is 3.77. The van der Waals surface area contributed by atoms with Gasteiger partial charge in [-0.05, 0) is 105 Å². The molecule has 11 aromatic carbocycles. The van der Waals surface area contributed by atoms with Gasteiger partial charge >= 0.3 is 0 Å². The summed E-state index contributed by atoms with van der Waals surface area (Å²) in [5, 5.41) is 4.88. The van der Waals surface area contributed by atoms with Gasteiger partial charge in [0, 0.05) is 16.7 Å². The molecule has 0 unspecified atom stereocenters. The molecule has 13 rings (SSSR count). The Kier molecular flexibility index (Phi) is 9.85. The van der Waals surface area contributed by atoms with Crippen molar-refractivity contribution in [1.82, 2.24) is 15.0 Å². The lowest BCUT2D eigenvalue weighted by atomic mass is 9.86. The Labute approximate surface area is 406 Å². The third-order valence-electron chi connectivity index (χ3n) is 13.8. The van der Waals surface area contributed by atoms with Gasteiger partial charge in [-0.1, -0.05) is 237 Å². The largest absolute Gasteiger partial charge is 0.237 e. The summed E-state index contributed by atoms with van der Waals surface area (Å²) in [5.74, 6) is 1.80. The van der Waals surface area contributed by atoms with E-state index in [4.69, 9.17) is 21.5 Å². The molecule has 0 aliphatic heterocycles. The predicted molar refractivity (Wildman–Crippen MR) is 289 cm³/mol. The highest BCUT2D eigenvalue weighted by atomic mass is 15.0. The van der Waals surface area contributed by atoms with Crippen molar-refractivity contribution in [3.63, 3.8) is 0 Å². The van der Waals surface area contributed by atoms with E-state index in [1.807, 2.05) is 48.5 Å². The number of aromatic nitrogens is 3. The quantitative estimate of drug-likeness (QED) is 0.143. The van der Waals surface area contributed by atoms with Gasteiger partial charge in [-0.15, -0.1) is 0 Å². The van der Waals surface area contributed by atoms with Crippen molar-refractivity contribution in [3.05, 3.63) is 254 Å². The highest BCUT2D eigenvalue weighted by Crippen LogP contribution is 2.51. The van der Waals surface area contributed by atoms with E-state index in [1.54, 1.807) is 0 Å². The van der Waals surface area contributed by atoms with Crippen LogP contribution in [0.2, 0.25) is 0 Å². The predicted octanol–water partition coefficient (Wildman–Crippen LogP) is 17.7. The van der Waals surface area contributed by atoms with Crippen molar-refractivity contribution in [2.75, 3.05) is 0 Å². The van der Waals surface area contributed by atoms with Gasteiger partial charge < -0.3 is 0 Å². The SMILES string of the molecule is [C-]#[N+]c1cccc(-c2ccc(-c3ccccc3-c3nc(-c4ccccc4)nc(-c4cccc(-c5cccc6ccccc56)c4)n3)cc2)c1-c1ccccc1-c1ccc2c3c(cccc13)-c1ccccc1-2. The smallest absolute Gasteiger partial charge is 0.195 e. The molecule has 4 heteroatoms. The summed E-state index contributed by atoms with van der Waals surface area (Å²) in [5.41, 5.74) is 18.9. The molecule has 0 amide bonds. The second-order valence-electron chi connectivity index (χ2n) is 17.7. The molecule has 1 heterocycles. The summed E-state index contributed by atoms with van der Waals surface area (Å²) in [6, 6.07) is 85.0. The van der Waals surface area contributed by atoms with Crippen molar-refractivity contribution in [2.45, 2.75) is 0 Å². The monoisotopic (exact) mass is 888 g/mol. The van der Waals surface area contributed by atoms with Crippen LogP contribution in [-0.2, 0) is 0 Å². The van der Waals surface area contributed by atoms with Crippen LogP contribution in [0.1, 0.15) is 0 Å². The van der Waals surface area contributed by atoms with Gasteiger partial charge in [0.2, 0.25) is 0 Å². The lowest BCUT2D eigenvalue weighted by Gasteiger charge is -2.18. The molecule has 4 nitrogen and oxygen atoms in total. The third kappa shape index (κ3) is 6.88. The molecule has 0 N–H and O–H groups in total. The van der Waals surface area contributed by atoms with Gasteiger partial charge in [-0.3, -0.25) is 0 Å². The topological polar surface area (TPSA) is 43.0 Å². The van der Waals surface area contributed by atoms with E-state index >= 15 is 0 Å². The van der Waals surface area contributed by atoms with Crippen LogP contribution >= 0.6 is 0 Å². The molecule has 1 aliphatic rings. The van der Waals surface area contributed by atoms with Crippen molar-refractivity contribution in [1.29, 1.82) is 0 Å². The van der Waals surface area contributed by atoms with E-state index in [0.717, 1.165) is 72.3 Å². The van der Waals surface area contributed by atoms with Crippen LogP contribution in [0.15, 0.2) is 243 Å². The van der Waals surface area contributed by atoms with Crippen LogP contribution in [0.4, 0.5) is 5.69 Å². The lowest BCUT2D eigenvalue weighted by Crippen LogP contribution is -2.01. The fraction of sp³-hybridized carbons (Fsp3) is 0. The summed E-state index contributed by atoms with van der Waals surface area (Å²) in [4.78, 5) is 19.6. The Morgan fingerprint density at radius 2 is 0.743 bits per heavy atom. The van der Waals surface area contributed by atoms with E-state index in [9.17, 15) is 0 Å². The second-order valence-corrected chi connectivity index (χ2v) is 17.7. The van der Waals surface area contributed by atoms with Crippen molar-refractivity contribution >= 4 is 27.2 Å². The van der Waals surface area contributed by atoms with Gasteiger partial charge in [0.1, 0.15) is 0 Å². The van der Waals surface area contributed by atoms with Gasteiger partial charge in [0.25, 0.3) is 0 Å². The van der Waals surface area contributed by atoms with Gasteiger partial charge in [-0.25, -0.2) is 19.8 Å². The van der Waals surface area contributed by atoms with Crippen LogP contribution in [0, 0.1) is 6.57 Å². The molecule has 1 aromatic heterocycles. The van der Waals surface area contributed by atoms with Crippen LogP contribution in [0.25, 0.3) is 138 Å². The number of fused-ring (bicyclic) bond motifs is 4. The summed E-state index contributed by atoms with van der Waals surface area (Å²) >= 11 is 0. The molecule has 70 heavy (non-hydrogen) atoms. The Balaban J connectivity index is 0.901. The molecule has 12 aromatic rings. The third-order valence-corrected chi connectivity index (χ3v) is 13.8. The van der Waals surface area contributed by atoms with E-state index in [1.165, 1.54) is 43.8 Å². The van der Waals surface area contributed by atoms with Crippen molar-refractivity contribution in [2.24, 2.45) is 0 Å². The number of hydrogen-bond donors (Lipinski definition) is 0. The molecular weight excluding hydrogens is 849 g/mol. The Morgan fingerprint density at radius 3 is 1.51 bits per heavy atom. The first-order valence-corrected chi connectivity index (χ1v) is 23.5. The zero-order chi connectivity index (χ0) is 46.5. The number of hydrogen-bond acceptors (Lipinski definition) is 3. The standard InChI is InChI=1S/C66H40N4/c1-67-61-34-16-31-51(63(61)58-28-11-10-27-54(58)55-39-40-59-53-26-9-8-25-52(53)56-32-15-33-57(55)62(56)59)44-37-35-43(36-38-44)49-24-7-12-29-60(49)66-69-64(45-18-3-2-4-19-45)68-65(70-66)47-22-13-21-46(41-47)50-30-14-20-42-17-5-6-23-48(42)50/h2-41H. The molecular formula is C66H40N4. The Morgan fingerprint density at radius 1 is 0.271 bits per heavy atom. The van der Waals surface area contributed by atoms with Crippen LogP contribution in [0.5, 0.6) is 0 Å². The maximum Gasteiger partial charge on any atom is 0.195 e. The summed E-state index contributed by atoms with van der Waals surface area (Å²) in [6.07, 6.45) is 0. The van der Waals surface area contributed by atoms with E-state index in [2.05, 4.69) is 199 Å². The lowest BCUT2D eigenvalue weighted by molar-refractivity contribution is 1.07. The zero-order valence-corrected chi connectivity index (χ0v) is 37.9. The maximum atomic E-state index is 8.42. The number of benzene rings is 11. The highest BCUT2D eigenvalue weighted by Gasteiger charge is 2.24. The minimum atomic E-state index is 0.592. The van der Waals surface area contributed by atoms with Gasteiger partial charge in [0.15, 0.2) is 23.2 Å². The van der Waals surface area contributed by atoms with E-state index < -0.39 is 0 Å². The number of nitrogens with zero attached hydrogens (tertiary/aromatic N) is 4. The highest BCUT2D eigenvalue weighted by molar-refractivity contribution is 6.19. The minimum Gasteiger partial charge on any atom is -0.237 e. The molecule has 0 atom stereocenters. The van der Waals surface area contributed by atoms with Crippen molar-refractivity contribution in [3.8, 4) is 112 Å². The molecule has 0 radical (unpaired) electrons. The first-order chi connectivity index (χ1) is 34.7. The number of rotatable bonds is 8. The second kappa shape index (κ2) is 16.9. The van der Waals surface area contributed by atoms with Gasteiger partial charge in [0.05, 0.1) is 6.57 Å². The molecule has 0 saturated heterocycles. The van der Waals surface area contributed by atoms with Gasteiger partial charge in [-0.2, -0.15) is 0 Å². The first kappa shape index (κ1) is 40.7. The van der Waals surface area contributed by atoms with Crippen LogP contribution < -0.4 is 0 Å². The van der Waals surface area contributed by atoms with E-state index in [0.29, 0.717) is 23.2 Å². The van der Waals surface area contributed by atoms with Crippen molar-refractivity contribution < 1.29 is 0 Å². The Bertz CT molecular complexity index is 4040. The molecule has 0 saturated carbocycles. The molecule has 324 valence electrons. The summed E-state index contributed by atoms with van der Waals surface area (Å²) < 4.78 is 0. The fourth-order valence-corrected chi connectivity index (χ4v) is 10.5. The summed E-state index contributed by atoms with van der Waals surface area (Å²) in [6.45, 7) is 8.42. The fourth-order valence-electron chi connectivity index (χ4n) is 10.5. The molecule has 0 spiro atoms. The normalized spacial score (nSPS) is 11.4. The molecule has 1 aliphatic carbocycles. The first-order valence-electron chi connectivity index (χ1n) is 23.5. The zero-order valence-electron chi connectivity index (χ0n) is 37.9. The van der Waals surface area contributed by atoms with Crippen LogP contribution in [-0.4, -0.2) is 15.0 Å². The molecule has 0 fully saturated rings. The summed E-state index contributed by atoms with van der Waals surface area (Å²) in [7, 11) is 0. The Hall–Kier alpha value is -9.56. The average molecular weight is 889 g/mol. The van der Waals surface area contributed by atoms with Crippen LogP contribution in [0.3, 0.4) is 0 Å². The van der Waals surface area contributed by atoms with E-state index in [-0.39, 0.29) is 0 Å². The maximum absolute atomic E-state index is 8.42.